The first kappa shape index (κ1) is 15.4. The topological polar surface area (TPSA) is 83.0 Å². The van der Waals surface area contributed by atoms with E-state index >= 15 is 0 Å². The van der Waals surface area contributed by atoms with Crippen LogP contribution >= 0.6 is 11.8 Å². The number of nitrogens with zero attached hydrogens (tertiary/aromatic N) is 3. The average Bonchev–Trinajstić information content (AvgIpc) is 2.90. The second-order valence-electron chi connectivity index (χ2n) is 4.34. The molecule has 1 aromatic carbocycles. The van der Waals surface area contributed by atoms with E-state index in [0.717, 1.165) is 28.8 Å². The maximum atomic E-state index is 10.8. The van der Waals surface area contributed by atoms with Gasteiger partial charge in [0.05, 0.1) is 7.11 Å². The summed E-state index contributed by atoms with van der Waals surface area (Å²) < 4.78 is 7.17. The van der Waals surface area contributed by atoms with Crippen molar-refractivity contribution in [3.05, 3.63) is 24.3 Å². The molecule has 0 fully saturated rings. The van der Waals surface area contributed by atoms with Gasteiger partial charge in [-0.2, -0.15) is 0 Å². The van der Waals surface area contributed by atoms with Crippen LogP contribution in [0, 0.1) is 0 Å². The molecule has 6 nitrogen and oxygen atoms in total. The molecular formula is C14H18N4O2S. The van der Waals surface area contributed by atoms with Gasteiger partial charge in [0, 0.05) is 24.3 Å². The fourth-order valence-electron chi connectivity index (χ4n) is 1.88. The van der Waals surface area contributed by atoms with E-state index in [2.05, 4.69) is 10.2 Å². The molecule has 21 heavy (non-hydrogen) atoms. The zero-order chi connectivity index (χ0) is 15.2. The predicted molar refractivity (Wildman–Crippen MR) is 82.2 cm³/mol. The number of hydrogen-bond donors (Lipinski definition) is 1. The second kappa shape index (κ2) is 7.12. The average molecular weight is 306 g/mol. The van der Waals surface area contributed by atoms with Crippen LogP contribution in [0.2, 0.25) is 0 Å². The van der Waals surface area contributed by atoms with Gasteiger partial charge in [-0.25, -0.2) is 0 Å². The van der Waals surface area contributed by atoms with Crippen LogP contribution in [0.25, 0.3) is 11.4 Å². The van der Waals surface area contributed by atoms with Crippen LogP contribution in [-0.4, -0.2) is 33.5 Å². The molecule has 0 radical (unpaired) electrons. The van der Waals surface area contributed by atoms with Crippen molar-refractivity contribution in [2.75, 3.05) is 12.9 Å². The molecule has 1 heterocycles. The molecule has 0 bridgehead atoms. The number of benzene rings is 1. The van der Waals surface area contributed by atoms with Crippen LogP contribution in [0.4, 0.5) is 0 Å². The highest BCUT2D eigenvalue weighted by Gasteiger charge is 2.13. The third-order valence-electron chi connectivity index (χ3n) is 2.96. The number of methoxy groups -OCH3 is 1. The van der Waals surface area contributed by atoms with Gasteiger partial charge in [0.2, 0.25) is 5.91 Å². The highest BCUT2D eigenvalue weighted by molar-refractivity contribution is 7.99. The first-order valence-corrected chi connectivity index (χ1v) is 7.63. The smallest absolute Gasteiger partial charge is 0.218 e. The molecule has 7 heteroatoms. The lowest BCUT2D eigenvalue weighted by atomic mass is 10.2. The molecule has 1 amide bonds. The number of carbonyl (C=O) groups excluding carboxylic acids is 1. The maximum absolute atomic E-state index is 10.8. The molecule has 0 saturated carbocycles. The lowest BCUT2D eigenvalue weighted by Crippen LogP contribution is -2.11. The Labute approximate surface area is 127 Å². The van der Waals surface area contributed by atoms with E-state index < -0.39 is 0 Å². The van der Waals surface area contributed by atoms with Crippen LogP contribution < -0.4 is 10.5 Å². The van der Waals surface area contributed by atoms with Gasteiger partial charge in [-0.05, 0) is 31.2 Å². The largest absolute Gasteiger partial charge is 0.497 e. The molecule has 0 saturated heterocycles. The van der Waals surface area contributed by atoms with Gasteiger partial charge in [0.15, 0.2) is 11.0 Å². The van der Waals surface area contributed by atoms with Crippen LogP contribution in [0.5, 0.6) is 5.75 Å². The second-order valence-corrected chi connectivity index (χ2v) is 5.41. The molecule has 0 spiro atoms. The summed E-state index contributed by atoms with van der Waals surface area (Å²) in [6.07, 6.45) is 0.332. The molecule has 112 valence electrons. The number of amides is 1. The van der Waals surface area contributed by atoms with Crippen molar-refractivity contribution in [2.24, 2.45) is 5.73 Å². The Morgan fingerprint density at radius 1 is 1.33 bits per heavy atom. The van der Waals surface area contributed by atoms with Crippen molar-refractivity contribution < 1.29 is 9.53 Å². The van der Waals surface area contributed by atoms with Crippen molar-refractivity contribution >= 4 is 17.7 Å². The third kappa shape index (κ3) is 3.75. The van der Waals surface area contributed by atoms with Crippen LogP contribution in [0.15, 0.2) is 29.4 Å². The van der Waals surface area contributed by atoms with Crippen molar-refractivity contribution in [1.82, 2.24) is 14.8 Å². The Kier molecular flexibility index (Phi) is 5.21. The van der Waals surface area contributed by atoms with Crippen molar-refractivity contribution in [2.45, 2.75) is 25.0 Å². The number of ether oxygens (including phenoxy) is 1. The van der Waals surface area contributed by atoms with Gasteiger partial charge in [0.1, 0.15) is 5.75 Å². The van der Waals surface area contributed by atoms with Crippen LogP contribution in [0.1, 0.15) is 13.3 Å². The highest BCUT2D eigenvalue weighted by Crippen LogP contribution is 2.25. The fourth-order valence-corrected chi connectivity index (χ4v) is 2.83. The van der Waals surface area contributed by atoms with Gasteiger partial charge in [-0.3, -0.25) is 4.79 Å². The lowest BCUT2D eigenvalue weighted by molar-refractivity contribution is -0.117. The van der Waals surface area contributed by atoms with Crippen LogP contribution in [0.3, 0.4) is 0 Å². The minimum atomic E-state index is -0.305. The Morgan fingerprint density at radius 3 is 2.62 bits per heavy atom. The molecule has 0 unspecified atom stereocenters. The molecule has 2 N–H and O–H groups in total. The number of aromatic nitrogens is 3. The highest BCUT2D eigenvalue weighted by atomic mass is 32.2. The first-order chi connectivity index (χ1) is 10.2. The quantitative estimate of drug-likeness (QED) is 0.790. The summed E-state index contributed by atoms with van der Waals surface area (Å²) in [5, 5.41) is 9.24. The van der Waals surface area contributed by atoms with Crippen LogP contribution in [-0.2, 0) is 11.3 Å². The number of carbonyl (C=O) groups is 1. The maximum Gasteiger partial charge on any atom is 0.218 e. The SMILES string of the molecule is CCn1c(SCCC(N)=O)nnc1-c1ccc(OC)cc1. The Bertz CT molecular complexity index is 610. The number of primary amides is 1. The molecule has 0 aliphatic rings. The van der Waals surface area contributed by atoms with Gasteiger partial charge >= 0.3 is 0 Å². The van der Waals surface area contributed by atoms with E-state index in [1.54, 1.807) is 7.11 Å². The van der Waals surface area contributed by atoms with Gasteiger partial charge in [-0.15, -0.1) is 10.2 Å². The van der Waals surface area contributed by atoms with E-state index in [0.29, 0.717) is 12.2 Å². The van der Waals surface area contributed by atoms with Crippen molar-refractivity contribution in [1.29, 1.82) is 0 Å². The van der Waals surface area contributed by atoms with Gasteiger partial charge in [0.25, 0.3) is 0 Å². The summed E-state index contributed by atoms with van der Waals surface area (Å²) >= 11 is 1.49. The van der Waals surface area contributed by atoms with Crippen molar-refractivity contribution in [3.63, 3.8) is 0 Å². The van der Waals surface area contributed by atoms with E-state index in [1.165, 1.54) is 11.8 Å². The summed E-state index contributed by atoms with van der Waals surface area (Å²) in [4.78, 5) is 10.8. The number of rotatable bonds is 7. The molecule has 0 aliphatic heterocycles. The zero-order valence-electron chi connectivity index (χ0n) is 12.1. The minimum Gasteiger partial charge on any atom is -0.497 e. The number of nitrogens with two attached hydrogens (primary N) is 1. The molecule has 2 rings (SSSR count). The molecule has 0 aliphatic carbocycles. The minimum absolute atomic E-state index is 0.305. The summed E-state index contributed by atoms with van der Waals surface area (Å²) in [5.74, 6) is 1.91. The summed E-state index contributed by atoms with van der Waals surface area (Å²) in [6, 6.07) is 7.69. The Balaban J connectivity index is 2.19. The fraction of sp³-hybridized carbons (Fsp3) is 0.357. The summed E-state index contributed by atoms with van der Waals surface area (Å²) in [6.45, 7) is 2.79. The Morgan fingerprint density at radius 2 is 2.05 bits per heavy atom. The lowest BCUT2D eigenvalue weighted by Gasteiger charge is -2.07. The van der Waals surface area contributed by atoms with E-state index in [1.807, 2.05) is 35.8 Å². The molecule has 0 atom stereocenters. The molecular weight excluding hydrogens is 288 g/mol. The third-order valence-corrected chi connectivity index (χ3v) is 3.93. The standard InChI is InChI=1S/C14H18N4O2S/c1-3-18-13(10-4-6-11(20-2)7-5-10)16-17-14(18)21-9-8-12(15)19/h4-7H,3,8-9H2,1-2H3,(H2,15,19). The predicted octanol–water partition coefficient (Wildman–Crippen LogP) is 1.94. The first-order valence-electron chi connectivity index (χ1n) is 6.64. The number of thioether (sulfide) groups is 1. The summed E-state index contributed by atoms with van der Waals surface area (Å²) in [7, 11) is 1.64. The van der Waals surface area contributed by atoms with E-state index in [9.17, 15) is 4.79 Å². The Hall–Kier alpha value is -2.02. The van der Waals surface area contributed by atoms with Gasteiger partial charge in [-0.1, -0.05) is 11.8 Å². The van der Waals surface area contributed by atoms with E-state index in [4.69, 9.17) is 10.5 Å². The normalized spacial score (nSPS) is 10.6. The van der Waals surface area contributed by atoms with Gasteiger partial charge < -0.3 is 15.0 Å². The molecule has 1 aromatic heterocycles. The number of hydrogen-bond acceptors (Lipinski definition) is 5. The zero-order valence-corrected chi connectivity index (χ0v) is 12.9. The van der Waals surface area contributed by atoms with E-state index in [-0.39, 0.29) is 5.91 Å². The summed E-state index contributed by atoms with van der Waals surface area (Å²) in [5.41, 5.74) is 6.12. The van der Waals surface area contributed by atoms with Crippen molar-refractivity contribution in [3.8, 4) is 17.1 Å². The molecule has 2 aromatic rings. The monoisotopic (exact) mass is 306 g/mol.